The van der Waals surface area contributed by atoms with Gasteiger partial charge in [-0.2, -0.15) is 5.10 Å². The maximum absolute atomic E-state index is 9.39. The van der Waals surface area contributed by atoms with Gasteiger partial charge in [0.25, 0.3) is 0 Å². The standard InChI is InChI=1S/C11H13N3O2/c1-8(15)9-4-13-14(7-9)10-3-11(16-2)6-12-5-10/h3-8,15H,1-2H3. The van der Waals surface area contributed by atoms with Crippen molar-refractivity contribution in [3.05, 3.63) is 36.4 Å². The first-order valence-electron chi connectivity index (χ1n) is 4.93. The van der Waals surface area contributed by atoms with E-state index in [2.05, 4.69) is 10.1 Å². The summed E-state index contributed by atoms with van der Waals surface area (Å²) in [7, 11) is 1.59. The van der Waals surface area contributed by atoms with E-state index in [1.807, 2.05) is 6.07 Å². The first kappa shape index (κ1) is 10.6. The molecule has 2 aromatic heterocycles. The van der Waals surface area contributed by atoms with E-state index in [1.54, 1.807) is 43.5 Å². The van der Waals surface area contributed by atoms with Crippen LogP contribution in [0.4, 0.5) is 0 Å². The van der Waals surface area contributed by atoms with E-state index in [1.165, 1.54) is 0 Å². The number of rotatable bonds is 3. The van der Waals surface area contributed by atoms with E-state index in [0.717, 1.165) is 11.3 Å². The Morgan fingerprint density at radius 3 is 2.81 bits per heavy atom. The summed E-state index contributed by atoms with van der Waals surface area (Å²) >= 11 is 0. The lowest BCUT2D eigenvalue weighted by Gasteiger charge is -2.03. The summed E-state index contributed by atoms with van der Waals surface area (Å²) in [5, 5.41) is 13.5. The summed E-state index contributed by atoms with van der Waals surface area (Å²) in [5.74, 6) is 0.673. The Morgan fingerprint density at radius 1 is 1.38 bits per heavy atom. The van der Waals surface area contributed by atoms with Gasteiger partial charge >= 0.3 is 0 Å². The summed E-state index contributed by atoms with van der Waals surface area (Å²) in [4.78, 5) is 4.04. The highest BCUT2D eigenvalue weighted by Gasteiger charge is 2.06. The van der Waals surface area contributed by atoms with Crippen LogP contribution in [0.2, 0.25) is 0 Å². The molecule has 1 atom stereocenters. The quantitative estimate of drug-likeness (QED) is 0.846. The fourth-order valence-electron chi connectivity index (χ4n) is 1.34. The fourth-order valence-corrected chi connectivity index (χ4v) is 1.34. The first-order chi connectivity index (χ1) is 7.70. The largest absolute Gasteiger partial charge is 0.495 e. The molecule has 0 fully saturated rings. The van der Waals surface area contributed by atoms with Crippen LogP contribution in [0.15, 0.2) is 30.9 Å². The van der Waals surface area contributed by atoms with Crippen LogP contribution in [0.3, 0.4) is 0 Å². The molecule has 2 rings (SSSR count). The van der Waals surface area contributed by atoms with Crippen molar-refractivity contribution >= 4 is 0 Å². The second-order valence-electron chi connectivity index (χ2n) is 3.48. The molecule has 0 spiro atoms. The maximum atomic E-state index is 9.39. The van der Waals surface area contributed by atoms with Gasteiger partial charge in [-0.15, -0.1) is 0 Å². The monoisotopic (exact) mass is 219 g/mol. The molecule has 0 amide bonds. The Bertz CT molecular complexity index is 480. The molecule has 5 heteroatoms. The number of ether oxygens (including phenoxy) is 1. The second-order valence-corrected chi connectivity index (χ2v) is 3.48. The van der Waals surface area contributed by atoms with Crippen LogP contribution < -0.4 is 4.74 Å². The summed E-state index contributed by atoms with van der Waals surface area (Å²) in [6, 6.07) is 1.83. The highest BCUT2D eigenvalue weighted by molar-refractivity contribution is 5.35. The lowest BCUT2D eigenvalue weighted by molar-refractivity contribution is 0.199. The van der Waals surface area contributed by atoms with Crippen molar-refractivity contribution in [2.75, 3.05) is 7.11 Å². The normalized spacial score (nSPS) is 12.4. The lowest BCUT2D eigenvalue weighted by Crippen LogP contribution is -1.96. The van der Waals surface area contributed by atoms with Crippen molar-refractivity contribution < 1.29 is 9.84 Å². The Kier molecular flexibility index (Phi) is 2.87. The van der Waals surface area contributed by atoms with Gasteiger partial charge in [0.2, 0.25) is 0 Å². The van der Waals surface area contributed by atoms with Crippen LogP contribution in [0, 0.1) is 0 Å². The number of aromatic nitrogens is 3. The van der Waals surface area contributed by atoms with E-state index in [-0.39, 0.29) is 0 Å². The molecule has 0 aliphatic heterocycles. The van der Waals surface area contributed by atoms with Crippen LogP contribution in [0.5, 0.6) is 5.75 Å². The maximum Gasteiger partial charge on any atom is 0.139 e. The molecule has 2 heterocycles. The molecule has 0 bridgehead atoms. The minimum atomic E-state index is -0.521. The molecule has 0 radical (unpaired) electrons. The third-order valence-corrected chi connectivity index (χ3v) is 2.28. The molecule has 0 saturated heterocycles. The third-order valence-electron chi connectivity index (χ3n) is 2.28. The average Bonchev–Trinajstić information content (AvgIpc) is 2.78. The van der Waals surface area contributed by atoms with Crippen molar-refractivity contribution in [1.29, 1.82) is 0 Å². The van der Waals surface area contributed by atoms with Gasteiger partial charge in [-0.25, -0.2) is 4.68 Å². The highest BCUT2D eigenvalue weighted by Crippen LogP contribution is 2.16. The second kappa shape index (κ2) is 4.32. The average molecular weight is 219 g/mol. The molecule has 1 unspecified atom stereocenters. The molecule has 5 nitrogen and oxygen atoms in total. The highest BCUT2D eigenvalue weighted by atomic mass is 16.5. The van der Waals surface area contributed by atoms with Gasteiger partial charge in [-0.1, -0.05) is 0 Å². The molecule has 0 saturated carbocycles. The van der Waals surface area contributed by atoms with Crippen molar-refractivity contribution in [2.45, 2.75) is 13.0 Å². The number of aliphatic hydroxyl groups excluding tert-OH is 1. The zero-order chi connectivity index (χ0) is 11.5. The van der Waals surface area contributed by atoms with Crippen LogP contribution in [0.25, 0.3) is 5.69 Å². The zero-order valence-corrected chi connectivity index (χ0v) is 9.16. The molecule has 1 N–H and O–H groups in total. The number of methoxy groups -OCH3 is 1. The molecule has 2 aromatic rings. The number of hydrogen-bond acceptors (Lipinski definition) is 4. The number of pyridine rings is 1. The van der Waals surface area contributed by atoms with Crippen molar-refractivity contribution in [3.63, 3.8) is 0 Å². The minimum absolute atomic E-state index is 0.521. The Labute approximate surface area is 93.3 Å². The van der Waals surface area contributed by atoms with Gasteiger partial charge < -0.3 is 9.84 Å². The van der Waals surface area contributed by atoms with E-state index >= 15 is 0 Å². The summed E-state index contributed by atoms with van der Waals surface area (Å²) in [5.41, 5.74) is 1.56. The third kappa shape index (κ3) is 2.04. The van der Waals surface area contributed by atoms with Crippen molar-refractivity contribution in [3.8, 4) is 11.4 Å². The van der Waals surface area contributed by atoms with Crippen LogP contribution in [-0.2, 0) is 0 Å². The predicted molar refractivity (Wildman–Crippen MR) is 58.5 cm³/mol. The molecule has 16 heavy (non-hydrogen) atoms. The molecular weight excluding hydrogens is 206 g/mol. The summed E-state index contributed by atoms with van der Waals surface area (Å²) in [6.45, 7) is 1.70. The Hall–Kier alpha value is -1.88. The van der Waals surface area contributed by atoms with Gasteiger partial charge in [-0.3, -0.25) is 4.98 Å². The lowest BCUT2D eigenvalue weighted by atomic mass is 10.2. The SMILES string of the molecule is COc1cncc(-n2cc(C(C)O)cn2)c1. The first-order valence-corrected chi connectivity index (χ1v) is 4.93. The minimum Gasteiger partial charge on any atom is -0.495 e. The number of nitrogens with zero attached hydrogens (tertiary/aromatic N) is 3. The fraction of sp³-hybridized carbons (Fsp3) is 0.273. The zero-order valence-electron chi connectivity index (χ0n) is 9.16. The predicted octanol–water partition coefficient (Wildman–Crippen LogP) is 1.33. The van der Waals surface area contributed by atoms with E-state index < -0.39 is 6.10 Å². The molecule has 84 valence electrons. The van der Waals surface area contributed by atoms with Gasteiger partial charge in [0.05, 0.1) is 37.5 Å². The van der Waals surface area contributed by atoms with Crippen LogP contribution in [-0.4, -0.2) is 27.0 Å². The Morgan fingerprint density at radius 2 is 2.19 bits per heavy atom. The van der Waals surface area contributed by atoms with E-state index in [9.17, 15) is 5.11 Å². The molecule has 0 aliphatic rings. The molecule has 0 aliphatic carbocycles. The van der Waals surface area contributed by atoms with Gasteiger partial charge in [0.15, 0.2) is 0 Å². The van der Waals surface area contributed by atoms with Gasteiger partial charge in [0.1, 0.15) is 5.75 Å². The molecule has 0 aromatic carbocycles. The van der Waals surface area contributed by atoms with Gasteiger partial charge in [0, 0.05) is 17.8 Å². The van der Waals surface area contributed by atoms with E-state index in [4.69, 9.17) is 4.74 Å². The summed E-state index contributed by atoms with van der Waals surface area (Å²) in [6.07, 6.45) is 6.18. The summed E-state index contributed by atoms with van der Waals surface area (Å²) < 4.78 is 6.73. The smallest absolute Gasteiger partial charge is 0.139 e. The van der Waals surface area contributed by atoms with Crippen molar-refractivity contribution in [1.82, 2.24) is 14.8 Å². The van der Waals surface area contributed by atoms with Crippen molar-refractivity contribution in [2.24, 2.45) is 0 Å². The van der Waals surface area contributed by atoms with Crippen LogP contribution in [0.1, 0.15) is 18.6 Å². The van der Waals surface area contributed by atoms with Crippen LogP contribution >= 0.6 is 0 Å². The number of aliphatic hydroxyl groups is 1. The topological polar surface area (TPSA) is 60.2 Å². The number of hydrogen-bond donors (Lipinski definition) is 1. The Balaban J connectivity index is 2.34. The van der Waals surface area contributed by atoms with Gasteiger partial charge in [-0.05, 0) is 6.92 Å². The van der Waals surface area contributed by atoms with E-state index in [0.29, 0.717) is 5.75 Å². The molecular formula is C11H13N3O2.